The maximum atomic E-state index is 14.6. The molecule has 1 saturated heterocycles. The molecule has 0 spiro atoms. The number of aromatic nitrogens is 6. The number of aromatic amines is 1. The van der Waals surface area contributed by atoms with Crippen LogP contribution in [0.15, 0.2) is 53.3 Å². The van der Waals surface area contributed by atoms with Crippen LogP contribution >= 0.6 is 0 Å². The van der Waals surface area contributed by atoms with E-state index in [2.05, 4.69) is 67.5 Å². The predicted octanol–water partition coefficient (Wildman–Crippen LogP) is 7.12. The Morgan fingerprint density at radius 1 is 0.894 bits per heavy atom. The number of tetrazole rings is 1. The van der Waals surface area contributed by atoms with Gasteiger partial charge in [-0.2, -0.15) is 0 Å². The van der Waals surface area contributed by atoms with Gasteiger partial charge in [-0.15, -0.1) is 5.10 Å². The Bertz CT molecular complexity index is 1710. The Morgan fingerprint density at radius 3 is 2.36 bits per heavy atom. The van der Waals surface area contributed by atoms with Gasteiger partial charge in [-0.3, -0.25) is 14.3 Å². The summed E-state index contributed by atoms with van der Waals surface area (Å²) in [6, 6.07) is 16.8. The lowest BCUT2D eigenvalue weighted by Gasteiger charge is -2.48. The van der Waals surface area contributed by atoms with E-state index in [0.717, 1.165) is 125 Å². The van der Waals surface area contributed by atoms with Crippen molar-refractivity contribution in [2.45, 2.75) is 116 Å². The Balaban J connectivity index is 1.25. The monoisotopic (exact) mass is 635 g/mol. The van der Waals surface area contributed by atoms with Crippen molar-refractivity contribution in [2.24, 2.45) is 5.41 Å². The molecule has 1 amide bonds. The normalized spacial score (nSPS) is 19.4. The van der Waals surface area contributed by atoms with E-state index in [-0.39, 0.29) is 11.6 Å². The average Bonchev–Trinajstić information content (AvgIpc) is 3.76. The third-order valence-electron chi connectivity index (χ3n) is 11.2. The number of hydrogen-bond acceptors (Lipinski definition) is 5. The summed E-state index contributed by atoms with van der Waals surface area (Å²) in [5, 5.41) is 14.5. The molecule has 1 saturated carbocycles. The number of amides is 1. The summed E-state index contributed by atoms with van der Waals surface area (Å²) in [4.78, 5) is 31.1. The molecule has 4 heterocycles. The molecule has 0 bridgehead atoms. The molecule has 9 heteroatoms. The summed E-state index contributed by atoms with van der Waals surface area (Å²) < 4.78 is 4.43. The van der Waals surface area contributed by atoms with E-state index >= 15 is 0 Å². The van der Waals surface area contributed by atoms with Crippen LogP contribution in [0.3, 0.4) is 0 Å². The maximum absolute atomic E-state index is 14.6. The van der Waals surface area contributed by atoms with Gasteiger partial charge in [0, 0.05) is 42.9 Å². The highest BCUT2D eigenvalue weighted by Gasteiger charge is 2.51. The SMILES string of the molecule is CCCCCc1c(Cc2ccc(-c3ccccc3-c3nnn[nH]3)cc2)c(=O)n2n1C(C1(C(=O)N3CCCCC3)CCCCC1)CCC2. The number of unbranched alkanes of at least 4 members (excludes halogenated alkanes) is 2. The van der Waals surface area contributed by atoms with Crippen LogP contribution in [-0.2, 0) is 24.2 Å². The first kappa shape index (κ1) is 31.6. The van der Waals surface area contributed by atoms with E-state index in [1.165, 1.54) is 18.5 Å². The minimum absolute atomic E-state index is 0.0495. The number of piperidine rings is 1. The summed E-state index contributed by atoms with van der Waals surface area (Å²) in [5.74, 6) is 1.01. The minimum atomic E-state index is -0.409. The van der Waals surface area contributed by atoms with Crippen molar-refractivity contribution >= 4 is 5.91 Å². The van der Waals surface area contributed by atoms with E-state index < -0.39 is 5.41 Å². The molecule has 1 N–H and O–H groups in total. The molecule has 47 heavy (non-hydrogen) atoms. The van der Waals surface area contributed by atoms with Crippen LogP contribution < -0.4 is 5.56 Å². The maximum Gasteiger partial charge on any atom is 0.270 e. The van der Waals surface area contributed by atoms with Crippen LogP contribution in [0, 0.1) is 5.41 Å². The van der Waals surface area contributed by atoms with Crippen LogP contribution in [0.2, 0.25) is 0 Å². The molecule has 9 nitrogen and oxygen atoms in total. The summed E-state index contributed by atoms with van der Waals surface area (Å²) in [7, 11) is 0. The predicted molar refractivity (Wildman–Crippen MR) is 184 cm³/mol. The topological polar surface area (TPSA) is 102 Å². The number of nitrogens with one attached hydrogen (secondary N) is 1. The lowest BCUT2D eigenvalue weighted by molar-refractivity contribution is -0.150. The summed E-state index contributed by atoms with van der Waals surface area (Å²) in [5.41, 5.74) is 6.03. The Morgan fingerprint density at radius 2 is 1.64 bits per heavy atom. The van der Waals surface area contributed by atoms with Gasteiger partial charge < -0.3 is 4.90 Å². The average molecular weight is 636 g/mol. The van der Waals surface area contributed by atoms with Gasteiger partial charge in [0.05, 0.1) is 11.5 Å². The van der Waals surface area contributed by atoms with E-state index in [1.54, 1.807) is 0 Å². The van der Waals surface area contributed by atoms with Gasteiger partial charge in [-0.1, -0.05) is 87.6 Å². The largest absolute Gasteiger partial charge is 0.342 e. The molecule has 1 unspecified atom stereocenters. The smallest absolute Gasteiger partial charge is 0.270 e. The minimum Gasteiger partial charge on any atom is -0.342 e. The van der Waals surface area contributed by atoms with E-state index in [9.17, 15) is 9.59 Å². The molecular formula is C38H49N7O2. The van der Waals surface area contributed by atoms with Crippen LogP contribution in [0.5, 0.6) is 0 Å². The fourth-order valence-corrected chi connectivity index (χ4v) is 8.78. The van der Waals surface area contributed by atoms with Gasteiger partial charge in [0.2, 0.25) is 5.91 Å². The first-order valence-corrected chi connectivity index (χ1v) is 18.2. The Kier molecular flexibility index (Phi) is 9.41. The van der Waals surface area contributed by atoms with Crippen LogP contribution in [0.1, 0.15) is 113 Å². The number of carbonyl (C=O) groups excluding carboxylic acids is 1. The lowest BCUT2D eigenvalue weighted by Crippen LogP contribution is -2.53. The van der Waals surface area contributed by atoms with E-state index in [4.69, 9.17) is 0 Å². The van der Waals surface area contributed by atoms with Crippen molar-refractivity contribution < 1.29 is 4.79 Å². The quantitative estimate of drug-likeness (QED) is 0.187. The highest BCUT2D eigenvalue weighted by Crippen LogP contribution is 2.50. The second-order valence-corrected chi connectivity index (χ2v) is 14.1. The molecular weight excluding hydrogens is 586 g/mol. The second kappa shape index (κ2) is 14.0. The van der Waals surface area contributed by atoms with Crippen molar-refractivity contribution in [3.8, 4) is 22.5 Å². The highest BCUT2D eigenvalue weighted by molar-refractivity contribution is 5.84. The summed E-state index contributed by atoms with van der Waals surface area (Å²) in [6.45, 7) is 4.74. The van der Waals surface area contributed by atoms with Gasteiger partial charge >= 0.3 is 0 Å². The number of H-pyrrole nitrogens is 1. The summed E-state index contributed by atoms with van der Waals surface area (Å²) in [6.07, 6.45) is 15.4. The molecule has 4 aromatic rings. The van der Waals surface area contributed by atoms with Gasteiger partial charge in [0.1, 0.15) is 0 Å². The van der Waals surface area contributed by atoms with Gasteiger partial charge in [0.15, 0.2) is 5.82 Å². The first-order chi connectivity index (χ1) is 23.1. The Labute approximate surface area is 277 Å². The standard InChI is InChI=1S/C38H49N7O2/c1-2-3-6-16-33-32(27-28-18-20-29(21-19-28)30-14-7-8-15-31(30)35-39-41-42-40-35)36(46)44-26-13-17-34(45(33)44)38(22-9-4-10-23-38)37(47)43-24-11-5-12-25-43/h7-8,14-15,18-21,34H,2-6,9-13,16-17,22-27H2,1H3,(H,39,40,41,42). The number of carbonyl (C=O) groups is 1. The van der Waals surface area contributed by atoms with Gasteiger partial charge in [0.25, 0.3) is 5.56 Å². The van der Waals surface area contributed by atoms with Crippen molar-refractivity contribution in [3.05, 3.63) is 75.7 Å². The zero-order valence-corrected chi connectivity index (χ0v) is 27.9. The van der Waals surface area contributed by atoms with Gasteiger partial charge in [-0.05, 0) is 84.9 Å². The summed E-state index contributed by atoms with van der Waals surface area (Å²) >= 11 is 0. The first-order valence-electron chi connectivity index (χ1n) is 18.2. The van der Waals surface area contributed by atoms with E-state index in [1.807, 2.05) is 22.9 Å². The third kappa shape index (κ3) is 6.09. The zero-order chi connectivity index (χ0) is 32.2. The Hall–Kier alpha value is -4.01. The molecule has 7 rings (SSSR count). The van der Waals surface area contributed by atoms with Crippen LogP contribution in [-0.4, -0.2) is 53.9 Å². The fourth-order valence-electron chi connectivity index (χ4n) is 8.78. The molecule has 2 aliphatic heterocycles. The molecule has 248 valence electrons. The molecule has 3 aliphatic rings. The van der Waals surface area contributed by atoms with Crippen molar-refractivity contribution in [1.82, 2.24) is 34.9 Å². The second-order valence-electron chi connectivity index (χ2n) is 14.1. The fraction of sp³-hybridized carbons (Fsp3) is 0.553. The number of likely N-dealkylation sites (tertiary alicyclic amines) is 1. The molecule has 1 atom stereocenters. The molecule has 2 fully saturated rings. The molecule has 2 aromatic carbocycles. The van der Waals surface area contributed by atoms with Crippen LogP contribution in [0.4, 0.5) is 0 Å². The number of nitrogens with zero attached hydrogens (tertiary/aromatic N) is 6. The molecule has 2 aromatic heterocycles. The van der Waals surface area contributed by atoms with Crippen molar-refractivity contribution in [2.75, 3.05) is 13.1 Å². The van der Waals surface area contributed by atoms with Crippen molar-refractivity contribution in [1.29, 1.82) is 0 Å². The van der Waals surface area contributed by atoms with E-state index in [0.29, 0.717) is 18.2 Å². The highest BCUT2D eigenvalue weighted by atomic mass is 16.2. The number of rotatable bonds is 10. The molecule has 0 radical (unpaired) electrons. The number of fused-ring (bicyclic) bond motifs is 1. The lowest BCUT2D eigenvalue weighted by atomic mass is 9.66. The number of hydrogen-bond donors (Lipinski definition) is 1. The van der Waals surface area contributed by atoms with Crippen LogP contribution in [0.25, 0.3) is 22.5 Å². The number of benzene rings is 2. The zero-order valence-electron chi connectivity index (χ0n) is 27.9. The van der Waals surface area contributed by atoms with Gasteiger partial charge in [-0.25, -0.2) is 9.78 Å². The van der Waals surface area contributed by atoms with Crippen molar-refractivity contribution in [3.63, 3.8) is 0 Å². The third-order valence-corrected chi connectivity index (χ3v) is 11.2. The molecule has 1 aliphatic carbocycles.